The predicted molar refractivity (Wildman–Crippen MR) is 154 cm³/mol. The lowest BCUT2D eigenvalue weighted by Crippen LogP contribution is -2.46. The molecule has 0 saturated heterocycles. The van der Waals surface area contributed by atoms with Crippen LogP contribution in [0.1, 0.15) is 137 Å². The van der Waals surface area contributed by atoms with E-state index in [-0.39, 0.29) is 35.3 Å². The summed E-state index contributed by atoms with van der Waals surface area (Å²) >= 11 is 0. The van der Waals surface area contributed by atoms with Crippen molar-refractivity contribution in [1.29, 1.82) is 0 Å². The first-order valence-electron chi connectivity index (χ1n) is 15.2. The third-order valence-corrected chi connectivity index (χ3v) is 9.80. The molecule has 0 aromatic heterocycles. The van der Waals surface area contributed by atoms with Gasteiger partial charge in [0, 0.05) is 0 Å². The number of rotatable bonds is 12. The van der Waals surface area contributed by atoms with Crippen molar-refractivity contribution in [2.24, 2.45) is 16.7 Å². The fourth-order valence-electron chi connectivity index (χ4n) is 7.07. The number of phenolic OH excluding ortho intramolecular Hbond substituents is 2. The van der Waals surface area contributed by atoms with E-state index in [4.69, 9.17) is 9.47 Å². The smallest absolute Gasteiger partial charge is 0.312 e. The molecule has 2 aliphatic rings. The Labute approximate surface area is 235 Å². The lowest BCUT2D eigenvalue weighted by molar-refractivity contribution is -0.182. The normalized spacial score (nSPS) is 20.9. The van der Waals surface area contributed by atoms with Crippen molar-refractivity contribution in [3.63, 3.8) is 0 Å². The Morgan fingerprint density at radius 3 is 2.00 bits per heavy atom. The second-order valence-corrected chi connectivity index (χ2v) is 13.6. The van der Waals surface area contributed by atoms with E-state index < -0.39 is 22.0 Å². The van der Waals surface area contributed by atoms with Crippen LogP contribution in [-0.4, -0.2) is 33.4 Å². The van der Waals surface area contributed by atoms with E-state index in [9.17, 15) is 19.8 Å². The van der Waals surface area contributed by atoms with Crippen molar-refractivity contribution < 1.29 is 29.3 Å². The van der Waals surface area contributed by atoms with Gasteiger partial charge in [0.25, 0.3) is 0 Å². The number of phenols is 2. The molecule has 6 nitrogen and oxygen atoms in total. The Hall–Kier alpha value is -2.24. The van der Waals surface area contributed by atoms with Crippen molar-refractivity contribution in [2.75, 3.05) is 0 Å². The van der Waals surface area contributed by atoms with Crippen LogP contribution in [0.2, 0.25) is 0 Å². The molecule has 1 aromatic carbocycles. The molecule has 2 atom stereocenters. The number of carbonyl (C=O) groups excluding carboxylic acids is 2. The molecular formula is C33H52O6. The molecule has 2 fully saturated rings. The molecule has 0 spiro atoms. The van der Waals surface area contributed by atoms with E-state index in [1.165, 1.54) is 6.07 Å². The van der Waals surface area contributed by atoms with Crippen LogP contribution in [0.5, 0.6) is 11.5 Å². The topological polar surface area (TPSA) is 93.1 Å². The number of aromatic hydroxyl groups is 2. The van der Waals surface area contributed by atoms with Gasteiger partial charge < -0.3 is 19.7 Å². The van der Waals surface area contributed by atoms with Crippen LogP contribution in [0.4, 0.5) is 0 Å². The van der Waals surface area contributed by atoms with E-state index in [0.717, 1.165) is 69.8 Å². The number of ether oxygens (including phenoxy) is 2. The summed E-state index contributed by atoms with van der Waals surface area (Å²) in [5, 5.41) is 20.0. The highest BCUT2D eigenvalue weighted by Crippen LogP contribution is 2.48. The van der Waals surface area contributed by atoms with Gasteiger partial charge in [-0.2, -0.15) is 0 Å². The van der Waals surface area contributed by atoms with Gasteiger partial charge in [0.05, 0.1) is 10.8 Å². The van der Waals surface area contributed by atoms with Crippen LogP contribution in [0, 0.1) is 16.7 Å². The second kappa shape index (κ2) is 12.1. The average molecular weight is 545 g/mol. The third kappa shape index (κ3) is 6.92. The van der Waals surface area contributed by atoms with Gasteiger partial charge in [0.15, 0.2) is 11.5 Å². The van der Waals surface area contributed by atoms with Crippen molar-refractivity contribution >= 4 is 11.9 Å². The SMILES string of the molecule is CCC(CC(C)(CC(C)(C)C(=O)OC1(C(C)C)CCCC1)C(=O)OC1(CC)CCCC1)c1ccc(O)c(O)c1. The minimum atomic E-state index is -0.956. The quantitative estimate of drug-likeness (QED) is 0.204. The Balaban J connectivity index is 1.92. The molecule has 39 heavy (non-hydrogen) atoms. The summed E-state index contributed by atoms with van der Waals surface area (Å²) in [5.74, 6) is -0.692. The van der Waals surface area contributed by atoms with Gasteiger partial charge in [0.1, 0.15) is 11.2 Å². The number of hydrogen-bond donors (Lipinski definition) is 2. The molecule has 0 amide bonds. The van der Waals surface area contributed by atoms with Crippen molar-refractivity contribution in [2.45, 2.75) is 143 Å². The Bertz CT molecular complexity index is 999. The molecule has 3 rings (SSSR count). The third-order valence-electron chi connectivity index (χ3n) is 9.80. The van der Waals surface area contributed by atoms with E-state index in [0.29, 0.717) is 12.8 Å². The van der Waals surface area contributed by atoms with E-state index in [2.05, 4.69) is 27.7 Å². The highest BCUT2D eigenvalue weighted by molar-refractivity contribution is 5.81. The second-order valence-electron chi connectivity index (χ2n) is 13.6. The minimum Gasteiger partial charge on any atom is -0.504 e. The summed E-state index contributed by atoms with van der Waals surface area (Å²) in [6, 6.07) is 4.86. The molecule has 2 aliphatic carbocycles. The first-order valence-corrected chi connectivity index (χ1v) is 15.2. The molecule has 2 N–H and O–H groups in total. The monoisotopic (exact) mass is 544 g/mol. The van der Waals surface area contributed by atoms with E-state index in [1.54, 1.807) is 12.1 Å². The van der Waals surface area contributed by atoms with Crippen LogP contribution in [0.3, 0.4) is 0 Å². The zero-order valence-electron chi connectivity index (χ0n) is 25.4. The minimum absolute atomic E-state index is 0.0705. The summed E-state index contributed by atoms with van der Waals surface area (Å²) in [5.41, 5.74) is -1.88. The standard InChI is InChI=1S/C33H52O6/c1-8-24(25-14-15-26(34)27(35)20-25)21-31(7,29(37)38-32(9-2)16-10-11-17-32)22-30(5,6)28(36)39-33(23(3)4)18-12-13-19-33/h14-15,20,23-24,34-35H,8-13,16-19,21-22H2,1-7H3. The van der Waals surface area contributed by atoms with Crippen LogP contribution in [0.25, 0.3) is 0 Å². The van der Waals surface area contributed by atoms with Crippen LogP contribution in [0.15, 0.2) is 18.2 Å². The van der Waals surface area contributed by atoms with Gasteiger partial charge in [-0.15, -0.1) is 0 Å². The first kappa shape index (κ1) is 31.3. The summed E-state index contributed by atoms with van der Waals surface area (Å²) in [6.45, 7) is 14.1. The van der Waals surface area contributed by atoms with Gasteiger partial charge in [-0.1, -0.05) is 33.8 Å². The molecule has 220 valence electrons. The summed E-state index contributed by atoms with van der Waals surface area (Å²) in [4.78, 5) is 27.9. The molecule has 0 heterocycles. The number of hydrogen-bond acceptors (Lipinski definition) is 6. The number of benzene rings is 1. The molecule has 2 unspecified atom stereocenters. The predicted octanol–water partition coefficient (Wildman–Crippen LogP) is 8.18. The lowest BCUT2D eigenvalue weighted by atomic mass is 9.68. The molecule has 0 radical (unpaired) electrons. The fraction of sp³-hybridized carbons (Fsp3) is 0.758. The summed E-state index contributed by atoms with van der Waals surface area (Å²) < 4.78 is 12.7. The highest BCUT2D eigenvalue weighted by Gasteiger charge is 2.50. The van der Waals surface area contributed by atoms with Crippen molar-refractivity contribution in [3.8, 4) is 11.5 Å². The maximum Gasteiger partial charge on any atom is 0.312 e. The lowest BCUT2D eigenvalue weighted by Gasteiger charge is -2.41. The molecular weight excluding hydrogens is 492 g/mol. The summed E-state index contributed by atoms with van der Waals surface area (Å²) in [7, 11) is 0. The average Bonchev–Trinajstić information content (AvgIpc) is 3.55. The molecule has 6 heteroatoms. The van der Waals surface area contributed by atoms with Gasteiger partial charge in [-0.25, -0.2) is 0 Å². The van der Waals surface area contributed by atoms with E-state index in [1.807, 2.05) is 20.8 Å². The van der Waals surface area contributed by atoms with Crippen LogP contribution < -0.4 is 0 Å². The van der Waals surface area contributed by atoms with Gasteiger partial charge in [0.2, 0.25) is 0 Å². The molecule has 0 aliphatic heterocycles. The maximum absolute atomic E-state index is 14.1. The van der Waals surface area contributed by atoms with Gasteiger partial charge in [-0.3, -0.25) is 9.59 Å². The molecule has 1 aromatic rings. The van der Waals surface area contributed by atoms with Crippen molar-refractivity contribution in [1.82, 2.24) is 0 Å². The zero-order chi connectivity index (χ0) is 29.1. The molecule has 0 bridgehead atoms. The Kier molecular flexibility index (Phi) is 9.71. The number of carbonyl (C=O) groups is 2. The maximum atomic E-state index is 14.1. The first-order chi connectivity index (χ1) is 18.2. The van der Waals surface area contributed by atoms with Crippen LogP contribution >= 0.6 is 0 Å². The van der Waals surface area contributed by atoms with Gasteiger partial charge >= 0.3 is 11.9 Å². The van der Waals surface area contributed by atoms with Gasteiger partial charge in [-0.05, 0) is 127 Å². The van der Waals surface area contributed by atoms with E-state index >= 15 is 0 Å². The fourth-order valence-corrected chi connectivity index (χ4v) is 7.07. The van der Waals surface area contributed by atoms with Crippen molar-refractivity contribution in [3.05, 3.63) is 23.8 Å². The number of esters is 2. The Morgan fingerprint density at radius 2 is 1.49 bits per heavy atom. The summed E-state index contributed by atoms with van der Waals surface area (Å²) in [6.07, 6.45) is 10.00. The Morgan fingerprint density at radius 1 is 0.897 bits per heavy atom. The zero-order valence-corrected chi connectivity index (χ0v) is 25.4. The molecule has 2 saturated carbocycles. The largest absolute Gasteiger partial charge is 0.504 e. The van der Waals surface area contributed by atoms with Crippen LogP contribution in [-0.2, 0) is 19.1 Å². The highest BCUT2D eigenvalue weighted by atomic mass is 16.6.